The summed E-state index contributed by atoms with van der Waals surface area (Å²) in [6.45, 7) is 8.77. The van der Waals surface area contributed by atoms with E-state index < -0.39 is 0 Å². The molecule has 2 unspecified atom stereocenters. The molecule has 2 rings (SSSR count). The van der Waals surface area contributed by atoms with Crippen LogP contribution in [0.1, 0.15) is 34.1 Å². The number of hydrogen-bond donors (Lipinski definition) is 2. The average Bonchev–Trinajstić information content (AvgIpc) is 2.37. The lowest BCUT2D eigenvalue weighted by atomic mass is 9.64. The molecule has 20 heavy (non-hydrogen) atoms. The summed E-state index contributed by atoms with van der Waals surface area (Å²) in [5, 5.41) is 6.34. The number of carbonyl (C=O) groups is 1. The van der Waals surface area contributed by atoms with Crippen LogP contribution >= 0.6 is 0 Å². The molecule has 1 aromatic rings. The lowest BCUT2D eigenvalue weighted by Crippen LogP contribution is -2.58. The summed E-state index contributed by atoms with van der Waals surface area (Å²) in [5.74, 6) is -0.0532. The van der Waals surface area contributed by atoms with Crippen molar-refractivity contribution in [3.63, 3.8) is 0 Å². The van der Waals surface area contributed by atoms with Crippen LogP contribution in [0, 0.1) is 5.41 Å². The molecule has 0 aromatic heterocycles. The molecule has 1 fully saturated rings. The first-order chi connectivity index (χ1) is 9.43. The molecular formula is C16H24N2O2. The minimum absolute atomic E-state index is 0.0532. The van der Waals surface area contributed by atoms with Gasteiger partial charge < -0.3 is 15.4 Å². The highest BCUT2D eigenvalue weighted by molar-refractivity contribution is 5.89. The van der Waals surface area contributed by atoms with Gasteiger partial charge in [0, 0.05) is 36.4 Å². The third-order valence-corrected chi connectivity index (χ3v) is 4.07. The fraction of sp³-hybridized carbons (Fsp3) is 0.562. The van der Waals surface area contributed by atoms with Gasteiger partial charge in [-0.05, 0) is 31.5 Å². The summed E-state index contributed by atoms with van der Waals surface area (Å²) in [5.41, 5.74) is 1.98. The van der Waals surface area contributed by atoms with Crippen molar-refractivity contribution in [1.82, 2.24) is 0 Å². The van der Waals surface area contributed by atoms with E-state index in [2.05, 4.69) is 24.5 Å². The summed E-state index contributed by atoms with van der Waals surface area (Å²) in [6.07, 6.45) is 1.34. The molecule has 2 atom stereocenters. The van der Waals surface area contributed by atoms with E-state index in [1.807, 2.05) is 31.2 Å². The maximum atomic E-state index is 11.1. The molecule has 0 radical (unpaired) electrons. The summed E-state index contributed by atoms with van der Waals surface area (Å²) in [7, 11) is 0. The highest BCUT2D eigenvalue weighted by Crippen LogP contribution is 2.44. The minimum atomic E-state index is -0.0532. The van der Waals surface area contributed by atoms with Crippen molar-refractivity contribution in [3.05, 3.63) is 24.3 Å². The summed E-state index contributed by atoms with van der Waals surface area (Å²) >= 11 is 0. The van der Waals surface area contributed by atoms with Crippen LogP contribution in [-0.2, 0) is 9.53 Å². The zero-order valence-electron chi connectivity index (χ0n) is 12.7. The van der Waals surface area contributed by atoms with Gasteiger partial charge in [-0.25, -0.2) is 0 Å². The molecule has 0 aliphatic heterocycles. The van der Waals surface area contributed by atoms with E-state index in [0.29, 0.717) is 12.1 Å². The van der Waals surface area contributed by atoms with Crippen molar-refractivity contribution >= 4 is 17.3 Å². The van der Waals surface area contributed by atoms with Crippen LogP contribution in [0.3, 0.4) is 0 Å². The zero-order chi connectivity index (χ0) is 14.8. The molecule has 2 N–H and O–H groups in total. The van der Waals surface area contributed by atoms with Gasteiger partial charge in [0.05, 0.1) is 6.10 Å². The van der Waals surface area contributed by atoms with Gasteiger partial charge in [0.1, 0.15) is 0 Å². The predicted octanol–water partition coefficient (Wildman–Crippen LogP) is 3.26. The zero-order valence-corrected chi connectivity index (χ0v) is 12.7. The van der Waals surface area contributed by atoms with Crippen molar-refractivity contribution in [3.8, 4) is 0 Å². The molecule has 1 aliphatic rings. The van der Waals surface area contributed by atoms with Gasteiger partial charge in [-0.15, -0.1) is 0 Å². The first-order valence-electron chi connectivity index (χ1n) is 7.19. The maximum Gasteiger partial charge on any atom is 0.221 e. The first-order valence-corrected chi connectivity index (χ1v) is 7.19. The highest BCUT2D eigenvalue weighted by atomic mass is 16.5. The van der Waals surface area contributed by atoms with Crippen LogP contribution in [-0.4, -0.2) is 24.7 Å². The molecular weight excluding hydrogens is 252 g/mol. The Kier molecular flexibility index (Phi) is 4.33. The summed E-state index contributed by atoms with van der Waals surface area (Å²) in [6, 6.07) is 8.22. The van der Waals surface area contributed by atoms with E-state index in [0.717, 1.165) is 24.4 Å². The van der Waals surface area contributed by atoms with Crippen LogP contribution in [0.25, 0.3) is 0 Å². The van der Waals surface area contributed by atoms with Crippen molar-refractivity contribution in [2.75, 3.05) is 17.2 Å². The maximum absolute atomic E-state index is 11.1. The Morgan fingerprint density at radius 2 is 2.10 bits per heavy atom. The van der Waals surface area contributed by atoms with Gasteiger partial charge in [0.15, 0.2) is 0 Å². The van der Waals surface area contributed by atoms with E-state index in [4.69, 9.17) is 4.74 Å². The second-order valence-corrected chi connectivity index (χ2v) is 5.96. The van der Waals surface area contributed by atoms with Crippen LogP contribution in [0.2, 0.25) is 0 Å². The average molecular weight is 276 g/mol. The van der Waals surface area contributed by atoms with E-state index in [1.54, 1.807) is 0 Å². The number of benzene rings is 1. The Balaban J connectivity index is 1.99. The lowest BCUT2D eigenvalue weighted by molar-refractivity contribution is -0.114. The fourth-order valence-electron chi connectivity index (χ4n) is 2.71. The highest BCUT2D eigenvalue weighted by Gasteiger charge is 2.48. The van der Waals surface area contributed by atoms with Crippen LogP contribution in [0.5, 0.6) is 0 Å². The smallest absolute Gasteiger partial charge is 0.221 e. The molecule has 1 aromatic carbocycles. The Morgan fingerprint density at radius 1 is 1.40 bits per heavy atom. The number of anilines is 2. The van der Waals surface area contributed by atoms with Gasteiger partial charge in [0.2, 0.25) is 5.91 Å². The largest absolute Gasteiger partial charge is 0.382 e. The van der Waals surface area contributed by atoms with Crippen LogP contribution < -0.4 is 10.6 Å². The topological polar surface area (TPSA) is 50.4 Å². The number of amides is 1. The number of ether oxygens (including phenoxy) is 1. The number of nitrogens with one attached hydrogen (secondary N) is 2. The molecule has 0 saturated heterocycles. The van der Waals surface area contributed by atoms with E-state index in [-0.39, 0.29) is 11.3 Å². The molecule has 0 bridgehead atoms. The van der Waals surface area contributed by atoms with Gasteiger partial charge in [-0.3, -0.25) is 4.79 Å². The molecule has 0 spiro atoms. The van der Waals surface area contributed by atoms with Gasteiger partial charge >= 0.3 is 0 Å². The molecule has 0 heterocycles. The Bertz CT molecular complexity index is 485. The monoisotopic (exact) mass is 276 g/mol. The Labute approximate surface area is 120 Å². The molecule has 1 saturated carbocycles. The minimum Gasteiger partial charge on any atom is -0.382 e. The van der Waals surface area contributed by atoms with Crippen molar-refractivity contribution in [2.45, 2.75) is 46.3 Å². The number of rotatable bonds is 5. The molecule has 4 nitrogen and oxygen atoms in total. The van der Waals surface area contributed by atoms with Crippen molar-refractivity contribution < 1.29 is 9.53 Å². The van der Waals surface area contributed by atoms with Gasteiger partial charge in [-0.1, -0.05) is 19.9 Å². The molecule has 4 heteroatoms. The third kappa shape index (κ3) is 3.12. The SMILES string of the molecule is CCOC1CC(Nc2cccc(NC(C)=O)c2)C1(C)C. The molecule has 1 aliphatic carbocycles. The molecule has 110 valence electrons. The van der Waals surface area contributed by atoms with E-state index >= 15 is 0 Å². The predicted molar refractivity (Wildman–Crippen MR) is 82.0 cm³/mol. The summed E-state index contributed by atoms with van der Waals surface area (Å²) < 4.78 is 5.74. The lowest BCUT2D eigenvalue weighted by Gasteiger charge is -2.52. The second-order valence-electron chi connectivity index (χ2n) is 5.96. The summed E-state index contributed by atoms with van der Waals surface area (Å²) in [4.78, 5) is 11.1. The van der Waals surface area contributed by atoms with Gasteiger partial charge in [0.25, 0.3) is 0 Å². The fourth-order valence-corrected chi connectivity index (χ4v) is 2.71. The van der Waals surface area contributed by atoms with E-state index in [1.165, 1.54) is 6.92 Å². The van der Waals surface area contributed by atoms with Crippen LogP contribution in [0.15, 0.2) is 24.3 Å². The third-order valence-electron chi connectivity index (χ3n) is 4.07. The Morgan fingerprint density at radius 3 is 2.70 bits per heavy atom. The molecule has 1 amide bonds. The van der Waals surface area contributed by atoms with Crippen molar-refractivity contribution in [1.29, 1.82) is 0 Å². The normalized spacial score (nSPS) is 23.8. The standard InChI is InChI=1S/C16H24N2O2/c1-5-20-15-10-14(16(15,3)4)18-13-8-6-7-12(9-13)17-11(2)19/h6-9,14-15,18H,5,10H2,1-4H3,(H,17,19). The number of carbonyl (C=O) groups excluding carboxylic acids is 1. The number of hydrogen-bond acceptors (Lipinski definition) is 3. The van der Waals surface area contributed by atoms with Gasteiger partial charge in [-0.2, -0.15) is 0 Å². The van der Waals surface area contributed by atoms with Crippen molar-refractivity contribution in [2.24, 2.45) is 5.41 Å². The quantitative estimate of drug-likeness (QED) is 0.868. The first kappa shape index (κ1) is 14.9. The Hall–Kier alpha value is -1.55. The van der Waals surface area contributed by atoms with E-state index in [9.17, 15) is 4.79 Å². The van der Waals surface area contributed by atoms with Crippen LogP contribution in [0.4, 0.5) is 11.4 Å². The second kappa shape index (κ2) is 5.83.